The number of nitrogens with zero attached hydrogens (tertiary/aromatic N) is 3. The number of carbonyl (C=O) groups excluding carboxylic acids is 1. The molecule has 3 aromatic rings. The first-order valence-electron chi connectivity index (χ1n) is 11.2. The number of hydrogen-bond donors (Lipinski definition) is 2. The molecule has 1 unspecified atom stereocenters. The summed E-state index contributed by atoms with van der Waals surface area (Å²) in [4.78, 5) is 23.6. The average Bonchev–Trinajstić information content (AvgIpc) is 2.83. The number of hydrogen-bond acceptors (Lipinski definition) is 7. The molecule has 0 radical (unpaired) electrons. The van der Waals surface area contributed by atoms with Crippen molar-refractivity contribution in [3.8, 4) is 5.75 Å². The predicted octanol–water partition coefficient (Wildman–Crippen LogP) is 4.33. The highest BCUT2D eigenvalue weighted by molar-refractivity contribution is 6.02. The quantitative estimate of drug-likeness (QED) is 0.391. The summed E-state index contributed by atoms with van der Waals surface area (Å²) in [6, 6.07) is 3.94. The number of methoxy groups -OCH3 is 1. The second-order valence-corrected chi connectivity index (χ2v) is 8.43. The molecule has 36 heavy (non-hydrogen) atoms. The SMILES string of the molecule is COc1cc2c(NC(C)c3cc(N)cc(C(F)(F)F)c3F)nc(C)nc2cc1C(=O)N1CCOCC1. The molecular weight excluding hydrogens is 482 g/mol. The number of fused-ring (bicyclic) bond motifs is 1. The number of carbonyl (C=O) groups is 1. The minimum absolute atomic E-state index is 0.218. The summed E-state index contributed by atoms with van der Waals surface area (Å²) in [5, 5.41) is 3.42. The van der Waals surface area contributed by atoms with Gasteiger partial charge in [-0.05, 0) is 38.1 Å². The van der Waals surface area contributed by atoms with Crippen LogP contribution in [0.2, 0.25) is 0 Å². The van der Waals surface area contributed by atoms with E-state index < -0.39 is 23.6 Å². The zero-order chi connectivity index (χ0) is 26.2. The van der Waals surface area contributed by atoms with E-state index in [0.717, 1.165) is 6.07 Å². The van der Waals surface area contributed by atoms with Crippen molar-refractivity contribution in [3.63, 3.8) is 0 Å². The van der Waals surface area contributed by atoms with Crippen molar-refractivity contribution >= 4 is 28.3 Å². The standard InChI is InChI=1S/C24H25F4N5O3/c1-12(15-8-14(29)9-18(21(15)25)24(26,27)28)30-22-16-11-20(35-3)17(10-19(16)31-13(2)32-22)23(34)33-4-6-36-7-5-33/h8-12H,4-7,29H2,1-3H3,(H,30,31,32). The maximum Gasteiger partial charge on any atom is 0.419 e. The molecule has 1 atom stereocenters. The van der Waals surface area contributed by atoms with E-state index in [9.17, 15) is 22.4 Å². The van der Waals surface area contributed by atoms with Crippen LogP contribution < -0.4 is 15.8 Å². The highest BCUT2D eigenvalue weighted by Crippen LogP contribution is 2.37. The Morgan fingerprint density at radius 3 is 2.53 bits per heavy atom. The molecule has 1 aromatic heterocycles. The lowest BCUT2D eigenvalue weighted by molar-refractivity contribution is -0.140. The number of aryl methyl sites for hydroxylation is 1. The topological polar surface area (TPSA) is 103 Å². The summed E-state index contributed by atoms with van der Waals surface area (Å²) in [7, 11) is 1.42. The summed E-state index contributed by atoms with van der Waals surface area (Å²) in [6.45, 7) is 4.88. The largest absolute Gasteiger partial charge is 0.496 e. The van der Waals surface area contributed by atoms with E-state index in [-0.39, 0.29) is 28.7 Å². The maximum atomic E-state index is 14.8. The van der Waals surface area contributed by atoms with Crippen molar-refractivity contribution in [2.75, 3.05) is 44.5 Å². The second-order valence-electron chi connectivity index (χ2n) is 8.43. The molecule has 1 amide bonds. The monoisotopic (exact) mass is 507 g/mol. The molecule has 0 bridgehead atoms. The normalized spacial score (nSPS) is 15.1. The van der Waals surface area contributed by atoms with Gasteiger partial charge in [-0.2, -0.15) is 13.2 Å². The van der Waals surface area contributed by atoms with Gasteiger partial charge in [0, 0.05) is 29.7 Å². The molecular formula is C24H25F4N5O3. The van der Waals surface area contributed by atoms with Crippen molar-refractivity contribution in [2.45, 2.75) is 26.1 Å². The van der Waals surface area contributed by atoms with E-state index in [1.165, 1.54) is 14.0 Å². The summed E-state index contributed by atoms with van der Waals surface area (Å²) in [5.74, 6) is -0.794. The molecule has 1 aliphatic rings. The number of benzene rings is 2. The number of nitrogens with two attached hydrogens (primary N) is 1. The third kappa shape index (κ3) is 4.99. The molecule has 2 aromatic carbocycles. The fraction of sp³-hybridized carbons (Fsp3) is 0.375. The van der Waals surface area contributed by atoms with Gasteiger partial charge in [0.05, 0.1) is 43.0 Å². The van der Waals surface area contributed by atoms with Crippen molar-refractivity contribution in [2.24, 2.45) is 0 Å². The molecule has 1 saturated heterocycles. The zero-order valence-corrected chi connectivity index (χ0v) is 19.9. The van der Waals surface area contributed by atoms with Crippen molar-refractivity contribution < 1.29 is 31.8 Å². The minimum Gasteiger partial charge on any atom is -0.496 e. The molecule has 0 saturated carbocycles. The van der Waals surface area contributed by atoms with E-state index in [1.807, 2.05) is 0 Å². The van der Waals surface area contributed by atoms with Crippen molar-refractivity contribution in [1.29, 1.82) is 0 Å². The van der Waals surface area contributed by atoms with Crippen LogP contribution >= 0.6 is 0 Å². The summed E-state index contributed by atoms with van der Waals surface area (Å²) in [5.41, 5.74) is 4.43. The van der Waals surface area contributed by atoms with Gasteiger partial charge < -0.3 is 25.4 Å². The Labute approximate surface area is 204 Å². The smallest absolute Gasteiger partial charge is 0.419 e. The van der Waals surface area contributed by atoms with Gasteiger partial charge in [-0.3, -0.25) is 4.79 Å². The molecule has 3 N–H and O–H groups in total. The molecule has 1 fully saturated rings. The van der Waals surface area contributed by atoms with Gasteiger partial charge in [0.2, 0.25) is 0 Å². The highest BCUT2D eigenvalue weighted by atomic mass is 19.4. The van der Waals surface area contributed by atoms with Gasteiger partial charge in [0.1, 0.15) is 23.2 Å². The van der Waals surface area contributed by atoms with Gasteiger partial charge in [0.15, 0.2) is 0 Å². The van der Waals surface area contributed by atoms with Gasteiger partial charge >= 0.3 is 6.18 Å². The lowest BCUT2D eigenvalue weighted by Crippen LogP contribution is -2.40. The first-order valence-corrected chi connectivity index (χ1v) is 11.2. The fourth-order valence-corrected chi connectivity index (χ4v) is 4.13. The van der Waals surface area contributed by atoms with Crippen LogP contribution in [-0.2, 0) is 10.9 Å². The van der Waals surface area contributed by atoms with Crippen LogP contribution in [0.15, 0.2) is 24.3 Å². The first kappa shape index (κ1) is 25.4. The lowest BCUT2D eigenvalue weighted by atomic mass is 10.0. The molecule has 0 spiro atoms. The summed E-state index contributed by atoms with van der Waals surface area (Å²) >= 11 is 0. The summed E-state index contributed by atoms with van der Waals surface area (Å²) < 4.78 is 65.5. The average molecular weight is 507 g/mol. The molecule has 4 rings (SSSR count). The number of rotatable bonds is 5. The van der Waals surface area contributed by atoms with E-state index in [2.05, 4.69) is 15.3 Å². The minimum atomic E-state index is -4.90. The Kier molecular flexibility index (Phi) is 6.90. The predicted molar refractivity (Wildman–Crippen MR) is 125 cm³/mol. The van der Waals surface area contributed by atoms with Gasteiger partial charge in [-0.1, -0.05) is 0 Å². The Balaban J connectivity index is 1.75. The number of amides is 1. The van der Waals surface area contributed by atoms with Crippen LogP contribution in [0.1, 0.15) is 40.3 Å². The second kappa shape index (κ2) is 9.76. The highest BCUT2D eigenvalue weighted by Gasteiger charge is 2.36. The van der Waals surface area contributed by atoms with E-state index in [1.54, 1.807) is 24.0 Å². The molecule has 12 heteroatoms. The van der Waals surface area contributed by atoms with Crippen LogP contribution in [0.3, 0.4) is 0 Å². The number of ether oxygens (including phenoxy) is 2. The lowest BCUT2D eigenvalue weighted by Gasteiger charge is -2.27. The van der Waals surface area contributed by atoms with E-state index in [0.29, 0.717) is 54.7 Å². The third-order valence-corrected chi connectivity index (χ3v) is 5.91. The number of nitrogens with one attached hydrogen (secondary N) is 1. The Hall–Kier alpha value is -3.67. The van der Waals surface area contributed by atoms with E-state index >= 15 is 0 Å². The van der Waals surface area contributed by atoms with E-state index in [4.69, 9.17) is 15.2 Å². The number of nitrogen functional groups attached to an aromatic ring is 1. The first-order chi connectivity index (χ1) is 17.0. The molecule has 0 aliphatic carbocycles. The number of halogens is 4. The van der Waals surface area contributed by atoms with Crippen molar-refractivity contribution in [1.82, 2.24) is 14.9 Å². The fourth-order valence-electron chi connectivity index (χ4n) is 4.13. The molecule has 2 heterocycles. The third-order valence-electron chi connectivity index (χ3n) is 5.91. The van der Waals surface area contributed by atoms with Crippen molar-refractivity contribution in [3.05, 3.63) is 52.6 Å². The summed E-state index contributed by atoms with van der Waals surface area (Å²) in [6.07, 6.45) is -4.90. The molecule has 1 aliphatic heterocycles. The Morgan fingerprint density at radius 1 is 1.19 bits per heavy atom. The maximum absolute atomic E-state index is 14.8. The van der Waals surface area contributed by atoms with Crippen LogP contribution in [0.4, 0.5) is 29.1 Å². The van der Waals surface area contributed by atoms with Gasteiger partial charge in [-0.25, -0.2) is 14.4 Å². The number of morpholine rings is 1. The van der Waals surface area contributed by atoms with Crippen LogP contribution in [0.25, 0.3) is 10.9 Å². The number of alkyl halides is 3. The number of aromatic nitrogens is 2. The molecule has 8 nitrogen and oxygen atoms in total. The van der Waals surface area contributed by atoms with Crippen LogP contribution in [0.5, 0.6) is 5.75 Å². The van der Waals surface area contributed by atoms with Crippen LogP contribution in [-0.4, -0.2) is 54.2 Å². The zero-order valence-electron chi connectivity index (χ0n) is 19.9. The van der Waals surface area contributed by atoms with Gasteiger partial charge in [-0.15, -0.1) is 0 Å². The molecule has 192 valence electrons. The van der Waals surface area contributed by atoms with Gasteiger partial charge in [0.25, 0.3) is 5.91 Å². The van der Waals surface area contributed by atoms with Crippen LogP contribution in [0, 0.1) is 12.7 Å². The Bertz CT molecular complexity index is 1310. The Morgan fingerprint density at radius 2 is 1.89 bits per heavy atom. The number of anilines is 2.